The number of rotatable bonds is 11. The molecule has 0 aliphatic rings. The van der Waals surface area contributed by atoms with Crippen molar-refractivity contribution in [1.29, 1.82) is 0 Å². The van der Waals surface area contributed by atoms with Crippen LogP contribution in [0.1, 0.15) is 56.0 Å². The van der Waals surface area contributed by atoms with Crippen molar-refractivity contribution in [3.8, 4) is 11.5 Å². The molecule has 2 N–H and O–H groups in total. The molecule has 3 aromatic rings. The number of carbonyl (C=O) groups is 1. The molecular weight excluding hydrogens is 424 g/mol. The van der Waals surface area contributed by atoms with Gasteiger partial charge in [-0.05, 0) is 48.4 Å². The normalized spacial score (nSPS) is 11.4. The van der Waals surface area contributed by atoms with Crippen LogP contribution >= 0.6 is 11.8 Å². The molecule has 8 heteroatoms. The summed E-state index contributed by atoms with van der Waals surface area (Å²) in [7, 11) is 1.60. The maximum absolute atomic E-state index is 12.5. The summed E-state index contributed by atoms with van der Waals surface area (Å²) < 4.78 is 11.2. The molecule has 32 heavy (non-hydrogen) atoms. The van der Waals surface area contributed by atoms with Gasteiger partial charge in [0, 0.05) is 10.8 Å². The molecule has 7 nitrogen and oxygen atoms in total. The van der Waals surface area contributed by atoms with E-state index >= 15 is 0 Å². The van der Waals surface area contributed by atoms with Crippen molar-refractivity contribution in [1.82, 2.24) is 15.4 Å². The third-order valence-electron chi connectivity index (χ3n) is 4.64. The quantitative estimate of drug-likeness (QED) is 0.175. The first-order valence-electron chi connectivity index (χ1n) is 10.8. The predicted molar refractivity (Wildman–Crippen MR) is 130 cm³/mol. The number of carbonyl (C=O) groups excluding carboxylic acids is 1. The van der Waals surface area contributed by atoms with Crippen LogP contribution in [0.15, 0.2) is 46.7 Å². The zero-order valence-corrected chi connectivity index (χ0v) is 19.8. The van der Waals surface area contributed by atoms with Crippen LogP contribution in [0.5, 0.6) is 11.5 Å². The van der Waals surface area contributed by atoms with Crippen molar-refractivity contribution < 1.29 is 14.3 Å². The highest BCUT2D eigenvalue weighted by Crippen LogP contribution is 2.28. The van der Waals surface area contributed by atoms with Gasteiger partial charge >= 0.3 is 0 Å². The van der Waals surface area contributed by atoms with Crippen LogP contribution in [-0.2, 0) is 0 Å². The summed E-state index contributed by atoms with van der Waals surface area (Å²) in [5, 5.41) is 5.35. The molecule has 1 heterocycles. The smallest absolute Gasteiger partial charge is 0.271 e. The van der Waals surface area contributed by atoms with Crippen molar-refractivity contribution in [2.45, 2.75) is 50.4 Å². The molecule has 0 atom stereocenters. The van der Waals surface area contributed by atoms with Gasteiger partial charge in [0.2, 0.25) is 0 Å². The molecule has 0 bridgehead atoms. The van der Waals surface area contributed by atoms with Gasteiger partial charge in [0.05, 0.1) is 31.0 Å². The molecular formula is C24H30N4O3S. The molecule has 1 aromatic heterocycles. The van der Waals surface area contributed by atoms with Crippen molar-refractivity contribution in [3.63, 3.8) is 0 Å². The maximum atomic E-state index is 12.5. The molecule has 1 amide bonds. The van der Waals surface area contributed by atoms with Gasteiger partial charge in [-0.25, -0.2) is 10.4 Å². The Morgan fingerprint density at radius 1 is 1.22 bits per heavy atom. The number of H-pyrrole nitrogens is 1. The average molecular weight is 455 g/mol. The van der Waals surface area contributed by atoms with Crippen LogP contribution in [0.25, 0.3) is 11.0 Å². The highest BCUT2D eigenvalue weighted by molar-refractivity contribution is 7.99. The molecule has 170 valence electrons. The second kappa shape index (κ2) is 11.6. The van der Waals surface area contributed by atoms with E-state index in [1.807, 2.05) is 24.3 Å². The first-order chi connectivity index (χ1) is 15.5. The summed E-state index contributed by atoms with van der Waals surface area (Å²) in [5.74, 6) is 1.04. The van der Waals surface area contributed by atoms with E-state index in [4.69, 9.17) is 9.47 Å². The van der Waals surface area contributed by atoms with Crippen LogP contribution in [0.4, 0.5) is 0 Å². The maximum Gasteiger partial charge on any atom is 0.271 e. The molecule has 0 spiro atoms. The molecule has 0 unspecified atom stereocenters. The van der Waals surface area contributed by atoms with Crippen molar-refractivity contribution >= 4 is 34.9 Å². The summed E-state index contributed by atoms with van der Waals surface area (Å²) in [5.41, 5.74) is 5.53. The summed E-state index contributed by atoms with van der Waals surface area (Å²) in [4.78, 5) is 20.3. The van der Waals surface area contributed by atoms with E-state index in [0.29, 0.717) is 28.9 Å². The third-order valence-corrected chi connectivity index (χ3v) is 5.53. The van der Waals surface area contributed by atoms with E-state index in [1.54, 1.807) is 37.2 Å². The Balaban J connectivity index is 1.61. The minimum Gasteiger partial charge on any atom is -0.493 e. The van der Waals surface area contributed by atoms with E-state index < -0.39 is 0 Å². The van der Waals surface area contributed by atoms with Crippen molar-refractivity contribution in [2.75, 3.05) is 13.7 Å². The zero-order chi connectivity index (χ0) is 22.9. The number of nitrogens with one attached hydrogen (secondary N) is 2. The number of methoxy groups -OCH3 is 1. The third kappa shape index (κ3) is 6.50. The number of benzene rings is 2. The lowest BCUT2D eigenvalue weighted by Gasteiger charge is -2.11. The largest absolute Gasteiger partial charge is 0.493 e. The SMILES string of the molecule is CCCCCOc1ccc(/C=N\NC(=O)c2ccc3nc(SC(C)C)[nH]c3c2)cc1OC. The lowest BCUT2D eigenvalue weighted by atomic mass is 10.2. The number of aromatic amines is 1. The Hall–Kier alpha value is -3.00. The van der Waals surface area contributed by atoms with E-state index in [1.165, 1.54) is 0 Å². The van der Waals surface area contributed by atoms with Gasteiger partial charge in [-0.2, -0.15) is 5.10 Å². The molecule has 0 aliphatic carbocycles. The van der Waals surface area contributed by atoms with E-state index in [9.17, 15) is 4.79 Å². The number of imidazole rings is 1. The zero-order valence-electron chi connectivity index (χ0n) is 19.0. The Morgan fingerprint density at radius 3 is 2.81 bits per heavy atom. The summed E-state index contributed by atoms with van der Waals surface area (Å²) in [6, 6.07) is 10.9. The number of hydrogen-bond acceptors (Lipinski definition) is 6. The molecule has 0 saturated carbocycles. The number of nitrogens with zero attached hydrogens (tertiary/aromatic N) is 2. The van der Waals surface area contributed by atoms with Crippen LogP contribution in [0.2, 0.25) is 0 Å². The number of hydrazone groups is 1. The number of ether oxygens (including phenoxy) is 2. The second-order valence-corrected chi connectivity index (χ2v) is 9.17. The van der Waals surface area contributed by atoms with Crippen molar-refractivity contribution in [2.24, 2.45) is 5.10 Å². The van der Waals surface area contributed by atoms with Gasteiger partial charge in [-0.3, -0.25) is 4.79 Å². The first kappa shape index (κ1) is 23.7. The molecule has 0 fully saturated rings. The molecule has 0 aliphatic heterocycles. The van der Waals surface area contributed by atoms with Crippen LogP contribution in [0.3, 0.4) is 0 Å². The molecule has 3 rings (SSSR count). The number of thioether (sulfide) groups is 1. The number of fused-ring (bicyclic) bond motifs is 1. The van der Waals surface area contributed by atoms with Crippen molar-refractivity contribution in [3.05, 3.63) is 47.5 Å². The second-order valence-electron chi connectivity index (χ2n) is 7.61. The minimum absolute atomic E-state index is 0.293. The van der Waals surface area contributed by atoms with Gasteiger partial charge in [-0.1, -0.05) is 45.4 Å². The summed E-state index contributed by atoms with van der Waals surface area (Å²) in [6.07, 6.45) is 4.87. The highest BCUT2D eigenvalue weighted by atomic mass is 32.2. The Labute approximate surface area is 193 Å². The van der Waals surface area contributed by atoms with E-state index in [2.05, 4.69) is 41.3 Å². The fourth-order valence-electron chi connectivity index (χ4n) is 3.05. The van der Waals surface area contributed by atoms with Crippen LogP contribution in [-0.4, -0.2) is 41.1 Å². The summed E-state index contributed by atoms with van der Waals surface area (Å²) >= 11 is 1.65. The molecule has 2 aromatic carbocycles. The lowest BCUT2D eigenvalue weighted by molar-refractivity contribution is 0.0955. The number of hydrogen-bond donors (Lipinski definition) is 2. The van der Waals surface area contributed by atoms with Gasteiger partial charge in [0.25, 0.3) is 5.91 Å². The predicted octanol–water partition coefficient (Wildman–Crippen LogP) is 5.40. The summed E-state index contributed by atoms with van der Waals surface area (Å²) in [6.45, 7) is 7.04. The monoisotopic (exact) mass is 454 g/mol. The standard InChI is InChI=1S/C24H30N4O3S/c1-5-6-7-12-31-21-11-8-17(13-22(21)30-4)15-25-28-23(29)18-9-10-19-20(14-18)27-24(26-19)32-16(2)3/h8-11,13-16H,5-7,12H2,1-4H3,(H,26,27)(H,28,29)/b25-15-. The average Bonchev–Trinajstić information content (AvgIpc) is 3.17. The highest BCUT2D eigenvalue weighted by Gasteiger charge is 2.10. The Kier molecular flexibility index (Phi) is 8.56. The minimum atomic E-state index is -0.293. The topological polar surface area (TPSA) is 88.6 Å². The van der Waals surface area contributed by atoms with E-state index in [-0.39, 0.29) is 5.91 Å². The molecule has 0 radical (unpaired) electrons. The Morgan fingerprint density at radius 2 is 2.06 bits per heavy atom. The number of unbranched alkanes of at least 4 members (excludes halogenated alkanes) is 2. The van der Waals surface area contributed by atoms with Crippen LogP contribution in [0, 0.1) is 0 Å². The van der Waals surface area contributed by atoms with Gasteiger partial charge in [0.1, 0.15) is 0 Å². The fraction of sp³-hybridized carbons (Fsp3) is 0.375. The lowest BCUT2D eigenvalue weighted by Crippen LogP contribution is -2.17. The Bertz CT molecular complexity index is 1080. The van der Waals surface area contributed by atoms with Gasteiger partial charge in [-0.15, -0.1) is 0 Å². The molecule has 0 saturated heterocycles. The van der Waals surface area contributed by atoms with Gasteiger partial charge < -0.3 is 14.5 Å². The number of aromatic nitrogens is 2. The van der Waals surface area contributed by atoms with E-state index in [0.717, 1.165) is 41.0 Å². The van der Waals surface area contributed by atoms with Crippen LogP contribution < -0.4 is 14.9 Å². The first-order valence-corrected chi connectivity index (χ1v) is 11.7. The van der Waals surface area contributed by atoms with Gasteiger partial charge in [0.15, 0.2) is 16.7 Å². The number of amides is 1. The fourth-order valence-corrected chi connectivity index (χ4v) is 3.82.